The third-order valence-electron chi connectivity index (χ3n) is 3.98. The van der Waals surface area contributed by atoms with Crippen LogP contribution in [0.25, 0.3) is 0 Å². The van der Waals surface area contributed by atoms with E-state index in [9.17, 15) is 14.0 Å². The van der Waals surface area contributed by atoms with Gasteiger partial charge in [-0.25, -0.2) is 4.39 Å². The van der Waals surface area contributed by atoms with Crippen molar-refractivity contribution < 1.29 is 18.7 Å². The molecule has 0 fully saturated rings. The van der Waals surface area contributed by atoms with Crippen molar-refractivity contribution in [1.82, 2.24) is 4.90 Å². The van der Waals surface area contributed by atoms with Crippen LogP contribution in [-0.4, -0.2) is 35.4 Å². The zero-order chi connectivity index (χ0) is 20.4. The number of carbonyl (C=O) groups is 2. The predicted molar refractivity (Wildman–Crippen MR) is 106 cm³/mol. The standard InChI is InChI=1S/C21H21FN2O3S/c1-27-21(26)15-28-10-9-20(25)24(14-18-3-2-4-19(22)11-18)13-17-7-5-16(12-23)6-8-17/h2-8,11H,9-10,13-15H2,1H3. The Bertz CT molecular complexity index is 849. The van der Waals surface area contributed by atoms with E-state index in [0.717, 1.165) is 5.56 Å². The molecule has 0 bridgehead atoms. The van der Waals surface area contributed by atoms with Crippen LogP contribution in [0.4, 0.5) is 4.39 Å². The first-order valence-corrected chi connectivity index (χ1v) is 9.83. The van der Waals surface area contributed by atoms with Gasteiger partial charge < -0.3 is 9.64 Å². The van der Waals surface area contributed by atoms with Gasteiger partial charge in [-0.2, -0.15) is 5.26 Å². The van der Waals surface area contributed by atoms with Crippen LogP contribution in [0.15, 0.2) is 48.5 Å². The number of carbonyl (C=O) groups excluding carboxylic acids is 2. The van der Waals surface area contributed by atoms with Crippen LogP contribution < -0.4 is 0 Å². The third kappa shape index (κ3) is 7.05. The van der Waals surface area contributed by atoms with Crippen molar-refractivity contribution in [2.45, 2.75) is 19.5 Å². The van der Waals surface area contributed by atoms with Crippen molar-refractivity contribution in [1.29, 1.82) is 5.26 Å². The fourth-order valence-electron chi connectivity index (χ4n) is 2.53. The fourth-order valence-corrected chi connectivity index (χ4v) is 3.27. The number of methoxy groups -OCH3 is 1. The summed E-state index contributed by atoms with van der Waals surface area (Å²) in [6.07, 6.45) is 0.257. The molecule has 0 heterocycles. The van der Waals surface area contributed by atoms with Gasteiger partial charge in [-0.05, 0) is 35.4 Å². The van der Waals surface area contributed by atoms with Crippen molar-refractivity contribution >= 4 is 23.6 Å². The van der Waals surface area contributed by atoms with Crippen LogP contribution in [0.3, 0.4) is 0 Å². The first kappa shape index (κ1) is 21.5. The van der Waals surface area contributed by atoms with Gasteiger partial charge in [0.25, 0.3) is 0 Å². The van der Waals surface area contributed by atoms with Gasteiger partial charge in [0.05, 0.1) is 24.5 Å². The van der Waals surface area contributed by atoms with Gasteiger partial charge in [-0.15, -0.1) is 11.8 Å². The average Bonchev–Trinajstić information content (AvgIpc) is 2.71. The molecular formula is C21H21FN2O3S. The number of halogens is 1. The second kappa shape index (κ2) is 11.1. The molecule has 0 aliphatic heterocycles. The van der Waals surface area contributed by atoms with Gasteiger partial charge in [-0.1, -0.05) is 24.3 Å². The number of ether oxygens (including phenoxy) is 1. The molecule has 1 amide bonds. The van der Waals surface area contributed by atoms with E-state index >= 15 is 0 Å². The molecule has 2 rings (SSSR count). The molecular weight excluding hydrogens is 379 g/mol. The topological polar surface area (TPSA) is 70.4 Å². The number of nitriles is 1. The Morgan fingerprint density at radius 2 is 1.86 bits per heavy atom. The summed E-state index contributed by atoms with van der Waals surface area (Å²) in [5, 5.41) is 8.91. The van der Waals surface area contributed by atoms with Crippen molar-refractivity contribution in [3.8, 4) is 6.07 Å². The van der Waals surface area contributed by atoms with E-state index in [4.69, 9.17) is 5.26 Å². The third-order valence-corrected chi connectivity index (χ3v) is 4.91. The number of amides is 1. The number of esters is 1. The number of nitrogens with zero attached hydrogens (tertiary/aromatic N) is 2. The molecule has 146 valence electrons. The second-order valence-corrected chi connectivity index (χ2v) is 7.17. The van der Waals surface area contributed by atoms with E-state index in [-0.39, 0.29) is 36.4 Å². The molecule has 0 saturated carbocycles. The van der Waals surface area contributed by atoms with E-state index in [2.05, 4.69) is 10.8 Å². The lowest BCUT2D eigenvalue weighted by Gasteiger charge is -2.23. The molecule has 0 radical (unpaired) electrons. The molecule has 0 N–H and O–H groups in total. The van der Waals surface area contributed by atoms with Crippen LogP contribution in [0.2, 0.25) is 0 Å². The summed E-state index contributed by atoms with van der Waals surface area (Å²) in [4.78, 5) is 25.5. The quantitative estimate of drug-likeness (QED) is 0.476. The van der Waals surface area contributed by atoms with Crippen LogP contribution in [0.5, 0.6) is 0 Å². The molecule has 5 nitrogen and oxygen atoms in total. The maximum Gasteiger partial charge on any atom is 0.315 e. The van der Waals surface area contributed by atoms with Gasteiger partial charge in [0.1, 0.15) is 5.82 Å². The Balaban J connectivity index is 2.04. The molecule has 0 saturated heterocycles. The smallest absolute Gasteiger partial charge is 0.315 e. The van der Waals surface area contributed by atoms with Crippen LogP contribution >= 0.6 is 11.8 Å². The number of rotatable bonds is 9. The zero-order valence-corrected chi connectivity index (χ0v) is 16.4. The minimum atomic E-state index is -0.350. The van der Waals surface area contributed by atoms with Crippen molar-refractivity contribution in [2.75, 3.05) is 18.6 Å². The van der Waals surface area contributed by atoms with E-state index in [1.54, 1.807) is 41.3 Å². The molecule has 28 heavy (non-hydrogen) atoms. The fraction of sp³-hybridized carbons (Fsp3) is 0.286. The first-order valence-electron chi connectivity index (χ1n) is 8.67. The Labute approximate surface area is 168 Å². The summed E-state index contributed by atoms with van der Waals surface area (Å²) in [6, 6.07) is 15.2. The largest absolute Gasteiger partial charge is 0.468 e. The predicted octanol–water partition coefficient (Wildman–Crippen LogP) is 3.52. The summed E-state index contributed by atoms with van der Waals surface area (Å²) >= 11 is 1.33. The summed E-state index contributed by atoms with van der Waals surface area (Å²) in [7, 11) is 1.33. The lowest BCUT2D eigenvalue weighted by atomic mass is 10.1. The SMILES string of the molecule is COC(=O)CSCCC(=O)N(Cc1ccc(C#N)cc1)Cc1cccc(F)c1. The van der Waals surface area contributed by atoms with E-state index < -0.39 is 0 Å². The second-order valence-electron chi connectivity index (χ2n) is 6.07. The van der Waals surface area contributed by atoms with E-state index in [0.29, 0.717) is 23.4 Å². The lowest BCUT2D eigenvalue weighted by molar-refractivity contribution is -0.137. The Morgan fingerprint density at radius 3 is 2.50 bits per heavy atom. The lowest BCUT2D eigenvalue weighted by Crippen LogP contribution is -2.30. The monoisotopic (exact) mass is 400 g/mol. The molecule has 0 unspecified atom stereocenters. The molecule has 0 atom stereocenters. The molecule has 0 aliphatic rings. The molecule has 0 spiro atoms. The number of hydrogen-bond acceptors (Lipinski definition) is 5. The summed E-state index contributed by atoms with van der Waals surface area (Å²) < 4.78 is 18.1. The van der Waals surface area contributed by atoms with Crippen LogP contribution in [0.1, 0.15) is 23.1 Å². The number of thioether (sulfide) groups is 1. The van der Waals surface area contributed by atoms with E-state index in [1.807, 2.05) is 0 Å². The first-order chi connectivity index (χ1) is 13.5. The van der Waals surface area contributed by atoms with Gasteiger partial charge in [0.15, 0.2) is 0 Å². The molecule has 0 aromatic heterocycles. The van der Waals surface area contributed by atoms with Crippen molar-refractivity contribution in [3.05, 3.63) is 71.0 Å². The molecule has 2 aromatic rings. The Morgan fingerprint density at radius 1 is 1.14 bits per heavy atom. The molecule has 7 heteroatoms. The van der Waals surface area contributed by atoms with Crippen LogP contribution in [0, 0.1) is 17.1 Å². The van der Waals surface area contributed by atoms with Crippen molar-refractivity contribution in [2.24, 2.45) is 0 Å². The minimum absolute atomic E-state index is 0.0917. The van der Waals surface area contributed by atoms with Gasteiger partial charge in [0, 0.05) is 25.3 Å². The Kier molecular flexibility index (Phi) is 8.50. The maximum atomic E-state index is 13.5. The number of hydrogen-bond donors (Lipinski definition) is 0. The normalized spacial score (nSPS) is 10.2. The van der Waals surface area contributed by atoms with Gasteiger partial charge >= 0.3 is 5.97 Å². The molecule has 0 aliphatic carbocycles. The zero-order valence-electron chi connectivity index (χ0n) is 15.6. The minimum Gasteiger partial charge on any atom is -0.468 e. The number of benzene rings is 2. The van der Waals surface area contributed by atoms with Gasteiger partial charge in [0.2, 0.25) is 5.91 Å². The highest BCUT2D eigenvalue weighted by atomic mass is 32.2. The summed E-state index contributed by atoms with van der Waals surface area (Å²) in [5.74, 6) is -0.0842. The highest BCUT2D eigenvalue weighted by Crippen LogP contribution is 2.15. The molecule has 2 aromatic carbocycles. The average molecular weight is 400 g/mol. The highest BCUT2D eigenvalue weighted by molar-refractivity contribution is 7.99. The van der Waals surface area contributed by atoms with Crippen LogP contribution in [-0.2, 0) is 27.4 Å². The summed E-state index contributed by atoms with van der Waals surface area (Å²) in [5.41, 5.74) is 2.13. The Hall–Kier alpha value is -2.85. The maximum absolute atomic E-state index is 13.5. The van der Waals surface area contributed by atoms with Gasteiger partial charge in [-0.3, -0.25) is 9.59 Å². The van der Waals surface area contributed by atoms with E-state index in [1.165, 1.54) is 31.0 Å². The highest BCUT2D eigenvalue weighted by Gasteiger charge is 2.15. The van der Waals surface area contributed by atoms with Crippen molar-refractivity contribution in [3.63, 3.8) is 0 Å². The summed E-state index contributed by atoms with van der Waals surface area (Å²) in [6.45, 7) is 0.626.